The molecule has 0 bridgehead atoms. The maximum atomic E-state index is 12.0. The average Bonchev–Trinajstić information content (AvgIpc) is 3.30. The van der Waals surface area contributed by atoms with Gasteiger partial charge in [0.2, 0.25) is 0 Å². The second kappa shape index (κ2) is 9.03. The number of esters is 1. The molecule has 1 aromatic carbocycles. The van der Waals surface area contributed by atoms with Gasteiger partial charge in [0.1, 0.15) is 5.92 Å². The monoisotopic (exact) mass is 341 g/mol. The van der Waals surface area contributed by atoms with Gasteiger partial charge in [-0.2, -0.15) is 0 Å². The Hall–Kier alpha value is -2.61. The molecule has 0 fully saturated rings. The molecule has 0 heterocycles. The second-order valence-corrected chi connectivity index (χ2v) is 5.99. The van der Waals surface area contributed by atoms with Crippen molar-refractivity contribution in [2.24, 2.45) is 5.92 Å². The lowest BCUT2D eigenvalue weighted by Crippen LogP contribution is -2.09. The van der Waals surface area contributed by atoms with Crippen LogP contribution in [0.4, 0.5) is 5.69 Å². The highest BCUT2D eigenvalue weighted by atomic mass is 16.6. The summed E-state index contributed by atoms with van der Waals surface area (Å²) >= 11 is 0. The number of non-ortho nitro benzene ring substituents is 1. The van der Waals surface area contributed by atoms with Crippen LogP contribution in [-0.2, 0) is 9.53 Å². The van der Waals surface area contributed by atoms with Crippen molar-refractivity contribution in [3.8, 4) is 11.8 Å². The first-order valence-corrected chi connectivity index (χ1v) is 8.74. The topological polar surface area (TPSA) is 69.4 Å². The summed E-state index contributed by atoms with van der Waals surface area (Å²) in [6, 6.07) is 6.10. The molecule has 5 heteroatoms. The van der Waals surface area contributed by atoms with Crippen LogP contribution >= 0.6 is 0 Å². The second-order valence-electron chi connectivity index (χ2n) is 5.99. The molecule has 1 unspecified atom stereocenters. The molecule has 0 amide bonds. The standard InChI is InChI=1S/C20H23NO4/c1-3-5-6-7-8-17-18(19(17)20(22)25-4-2)14-11-15-9-12-16(13-10-15)21(23)24/h9-10,12-13,19H,3-8H2,1-2H3. The zero-order chi connectivity index (χ0) is 18.2. The molecule has 5 nitrogen and oxygen atoms in total. The van der Waals surface area contributed by atoms with Gasteiger partial charge in [-0.25, -0.2) is 0 Å². The van der Waals surface area contributed by atoms with Gasteiger partial charge in [0.15, 0.2) is 0 Å². The predicted octanol–water partition coefficient (Wildman–Crippen LogP) is 4.41. The Morgan fingerprint density at radius 2 is 1.88 bits per heavy atom. The number of rotatable bonds is 8. The van der Waals surface area contributed by atoms with Crippen molar-refractivity contribution in [1.82, 2.24) is 0 Å². The number of ether oxygens (including phenoxy) is 1. The van der Waals surface area contributed by atoms with Crippen LogP contribution in [0.3, 0.4) is 0 Å². The van der Waals surface area contributed by atoms with E-state index in [9.17, 15) is 14.9 Å². The minimum Gasteiger partial charge on any atom is -0.465 e. The van der Waals surface area contributed by atoms with E-state index < -0.39 is 4.92 Å². The van der Waals surface area contributed by atoms with Gasteiger partial charge in [0, 0.05) is 23.3 Å². The van der Waals surface area contributed by atoms with Crippen LogP contribution in [0.15, 0.2) is 35.4 Å². The number of carbonyl (C=O) groups excluding carboxylic acids is 1. The number of unbranched alkanes of at least 4 members (excludes halogenated alkanes) is 3. The van der Waals surface area contributed by atoms with E-state index in [1.165, 1.54) is 25.0 Å². The zero-order valence-electron chi connectivity index (χ0n) is 14.7. The number of hydrogen-bond acceptors (Lipinski definition) is 4. The molecule has 0 spiro atoms. The van der Waals surface area contributed by atoms with E-state index in [1.807, 2.05) is 0 Å². The maximum absolute atomic E-state index is 12.0. The first-order chi connectivity index (χ1) is 12.1. The molecule has 0 saturated carbocycles. The Labute approximate surface area is 148 Å². The summed E-state index contributed by atoms with van der Waals surface area (Å²) in [6.07, 6.45) is 5.46. The largest absolute Gasteiger partial charge is 0.465 e. The lowest BCUT2D eigenvalue weighted by molar-refractivity contribution is -0.384. The number of hydrogen-bond donors (Lipinski definition) is 0. The molecule has 0 aromatic heterocycles. The molecule has 1 aliphatic rings. The first-order valence-electron chi connectivity index (χ1n) is 8.74. The van der Waals surface area contributed by atoms with E-state index in [2.05, 4.69) is 18.8 Å². The van der Waals surface area contributed by atoms with E-state index in [4.69, 9.17) is 4.74 Å². The quantitative estimate of drug-likeness (QED) is 0.231. The minimum absolute atomic E-state index is 0.0391. The third-order valence-electron chi connectivity index (χ3n) is 4.14. The summed E-state index contributed by atoms with van der Waals surface area (Å²) in [5.41, 5.74) is 2.67. The Bertz CT molecular complexity index is 722. The van der Waals surface area contributed by atoms with Gasteiger partial charge in [-0.3, -0.25) is 14.9 Å². The average molecular weight is 341 g/mol. The van der Waals surface area contributed by atoms with Gasteiger partial charge in [-0.05, 0) is 37.5 Å². The Morgan fingerprint density at radius 3 is 2.48 bits per heavy atom. The maximum Gasteiger partial charge on any atom is 0.318 e. The fourth-order valence-electron chi connectivity index (χ4n) is 2.73. The van der Waals surface area contributed by atoms with Crippen molar-refractivity contribution in [3.63, 3.8) is 0 Å². The van der Waals surface area contributed by atoms with Gasteiger partial charge in [0.25, 0.3) is 5.69 Å². The van der Waals surface area contributed by atoms with E-state index in [0.717, 1.165) is 30.4 Å². The van der Waals surface area contributed by atoms with Crippen LogP contribution in [0.25, 0.3) is 0 Å². The SMILES string of the molecule is CCCCCCC1=C(C#Cc2ccc([N+](=O)[O-])cc2)C1C(=O)OCC. The molecule has 0 saturated heterocycles. The van der Waals surface area contributed by atoms with Crippen LogP contribution in [-0.4, -0.2) is 17.5 Å². The van der Waals surface area contributed by atoms with Crippen molar-refractivity contribution >= 4 is 11.7 Å². The van der Waals surface area contributed by atoms with Gasteiger partial charge in [-0.1, -0.05) is 38.0 Å². The molecule has 0 radical (unpaired) electrons. The molecule has 1 atom stereocenters. The van der Waals surface area contributed by atoms with Crippen molar-refractivity contribution < 1.29 is 14.5 Å². The zero-order valence-corrected chi connectivity index (χ0v) is 14.7. The van der Waals surface area contributed by atoms with Crippen LogP contribution < -0.4 is 0 Å². The normalized spacial score (nSPS) is 15.4. The van der Waals surface area contributed by atoms with Crippen molar-refractivity contribution in [1.29, 1.82) is 0 Å². The third-order valence-corrected chi connectivity index (χ3v) is 4.14. The molecule has 25 heavy (non-hydrogen) atoms. The Morgan fingerprint density at radius 1 is 1.16 bits per heavy atom. The van der Waals surface area contributed by atoms with Crippen LogP contribution in [0, 0.1) is 27.9 Å². The summed E-state index contributed by atoms with van der Waals surface area (Å²) in [5.74, 6) is 5.55. The van der Waals surface area contributed by atoms with E-state index in [-0.39, 0.29) is 17.6 Å². The van der Waals surface area contributed by atoms with Gasteiger partial charge in [0.05, 0.1) is 11.5 Å². The van der Waals surface area contributed by atoms with Crippen molar-refractivity contribution in [2.75, 3.05) is 6.61 Å². The Kier molecular flexibility index (Phi) is 6.76. The number of benzene rings is 1. The molecule has 2 rings (SSSR count). The van der Waals surface area contributed by atoms with Crippen LogP contribution in [0.2, 0.25) is 0 Å². The van der Waals surface area contributed by atoms with Crippen LogP contribution in [0.1, 0.15) is 51.5 Å². The summed E-state index contributed by atoms with van der Waals surface area (Å²) in [6.45, 7) is 4.32. The molecule has 1 aromatic rings. The highest BCUT2D eigenvalue weighted by Crippen LogP contribution is 2.43. The number of nitrogens with zero attached hydrogens (tertiary/aromatic N) is 1. The molecular formula is C20H23NO4. The molecule has 132 valence electrons. The third kappa shape index (κ3) is 5.18. The summed E-state index contributed by atoms with van der Waals surface area (Å²) in [4.78, 5) is 22.3. The van der Waals surface area contributed by atoms with E-state index in [0.29, 0.717) is 12.2 Å². The predicted molar refractivity (Wildman–Crippen MR) is 95.9 cm³/mol. The molecular weight excluding hydrogens is 318 g/mol. The molecule has 1 aliphatic carbocycles. The van der Waals surface area contributed by atoms with Crippen molar-refractivity contribution in [3.05, 3.63) is 51.1 Å². The number of carbonyl (C=O) groups is 1. The fraction of sp³-hybridized carbons (Fsp3) is 0.450. The Balaban J connectivity index is 2.06. The number of nitro groups is 1. The van der Waals surface area contributed by atoms with Gasteiger partial charge in [-0.15, -0.1) is 0 Å². The first kappa shape index (κ1) is 18.7. The molecule has 0 aliphatic heterocycles. The highest BCUT2D eigenvalue weighted by molar-refractivity contribution is 5.88. The summed E-state index contributed by atoms with van der Waals surface area (Å²) in [5, 5.41) is 10.7. The minimum atomic E-state index is -0.439. The lowest BCUT2D eigenvalue weighted by atomic mass is 10.1. The van der Waals surface area contributed by atoms with E-state index >= 15 is 0 Å². The molecule has 0 N–H and O–H groups in total. The van der Waals surface area contributed by atoms with E-state index in [1.54, 1.807) is 19.1 Å². The smallest absolute Gasteiger partial charge is 0.318 e. The summed E-state index contributed by atoms with van der Waals surface area (Å²) in [7, 11) is 0. The van der Waals surface area contributed by atoms with Gasteiger partial charge >= 0.3 is 5.97 Å². The lowest BCUT2D eigenvalue weighted by Gasteiger charge is -2.01. The van der Waals surface area contributed by atoms with Crippen LogP contribution in [0.5, 0.6) is 0 Å². The van der Waals surface area contributed by atoms with Crippen molar-refractivity contribution in [2.45, 2.75) is 46.0 Å². The van der Waals surface area contributed by atoms with Gasteiger partial charge < -0.3 is 4.74 Å². The number of nitro benzene ring substituents is 1. The summed E-state index contributed by atoms with van der Waals surface area (Å²) < 4.78 is 5.12. The fourth-order valence-corrected chi connectivity index (χ4v) is 2.73. The highest BCUT2D eigenvalue weighted by Gasteiger charge is 2.42.